The molecule has 0 fully saturated rings. The van der Waals surface area contributed by atoms with Crippen LogP contribution in [0.1, 0.15) is 58.4 Å². The Kier molecular flexibility index (Phi) is 12.5. The molecule has 0 aliphatic heterocycles. The minimum Gasteiger partial charge on any atom is -1.00 e. The molecule has 1 aliphatic rings. The van der Waals surface area contributed by atoms with Crippen molar-refractivity contribution in [2.24, 2.45) is 0 Å². The molecule has 0 nitrogen and oxygen atoms in total. The van der Waals surface area contributed by atoms with Crippen molar-refractivity contribution >= 4 is 3.21 Å². The van der Waals surface area contributed by atoms with Gasteiger partial charge in [-0.15, -0.1) is 11.1 Å². The molecule has 3 aromatic carbocycles. The molecule has 1 aliphatic carbocycles. The largest absolute Gasteiger partial charge is 1.00 e. The van der Waals surface area contributed by atoms with Gasteiger partial charge in [-0.3, -0.25) is 0 Å². The average molecular weight is 519 g/mol. The van der Waals surface area contributed by atoms with E-state index in [1.165, 1.54) is 58.8 Å². The Morgan fingerprint density at radius 1 is 0.767 bits per heavy atom. The number of hydrogen-bond donors (Lipinski definition) is 0. The van der Waals surface area contributed by atoms with Crippen molar-refractivity contribution in [3.05, 3.63) is 87.0 Å². The monoisotopic (exact) mass is 516 g/mol. The summed E-state index contributed by atoms with van der Waals surface area (Å²) in [5.41, 5.74) is 13.8. The number of halogens is 2. The predicted octanol–water partition coefficient (Wildman–Crippen LogP) is 1.07. The van der Waals surface area contributed by atoms with E-state index in [4.69, 9.17) is 0 Å². The van der Waals surface area contributed by atoms with Gasteiger partial charge in [0.1, 0.15) is 0 Å². The van der Waals surface area contributed by atoms with E-state index in [0.29, 0.717) is 0 Å². The van der Waals surface area contributed by atoms with Crippen molar-refractivity contribution in [2.75, 3.05) is 0 Å². The molecule has 0 atom stereocenters. The fourth-order valence-corrected chi connectivity index (χ4v) is 3.25. The van der Waals surface area contributed by atoms with E-state index < -0.39 is 0 Å². The Bertz CT molecular complexity index is 920. The summed E-state index contributed by atoms with van der Waals surface area (Å²) in [5.74, 6) is 0. The summed E-state index contributed by atoms with van der Waals surface area (Å²) in [6.07, 6.45) is 1.05. The van der Waals surface area contributed by atoms with Gasteiger partial charge < -0.3 is 24.8 Å². The quantitative estimate of drug-likeness (QED) is 0.306. The van der Waals surface area contributed by atoms with E-state index in [9.17, 15) is 0 Å². The fourth-order valence-electron chi connectivity index (χ4n) is 3.25. The van der Waals surface area contributed by atoms with Crippen LogP contribution >= 0.6 is 0 Å². The van der Waals surface area contributed by atoms with E-state index in [0.717, 1.165) is 6.42 Å². The van der Waals surface area contributed by atoms with E-state index in [1.54, 1.807) is 24.2 Å². The van der Waals surface area contributed by atoms with Gasteiger partial charge in [-0.1, -0.05) is 45.4 Å². The zero-order valence-electron chi connectivity index (χ0n) is 19.4. The molecule has 0 N–H and O–H groups in total. The van der Waals surface area contributed by atoms with E-state index >= 15 is 0 Å². The second-order valence-electron chi connectivity index (χ2n) is 8.13. The molecule has 160 valence electrons. The molecule has 0 heterocycles. The van der Waals surface area contributed by atoms with Crippen molar-refractivity contribution in [2.45, 2.75) is 61.8 Å². The molecule has 0 bridgehead atoms. The normalized spacial score (nSPS) is 10.2. The van der Waals surface area contributed by atoms with Crippen LogP contribution in [-0.2, 0) is 30.7 Å². The van der Waals surface area contributed by atoms with Crippen LogP contribution in [0, 0.1) is 47.6 Å². The molecule has 0 aromatic heterocycles. The summed E-state index contributed by atoms with van der Waals surface area (Å²) in [5, 5.41) is 0. The minimum absolute atomic E-state index is 0. The predicted molar refractivity (Wildman–Crippen MR) is 120 cm³/mol. The fraction of sp³-hybridized carbons (Fsp3) is 0.333. The molecule has 3 aromatic rings. The van der Waals surface area contributed by atoms with Gasteiger partial charge in [0.15, 0.2) is 0 Å². The summed E-state index contributed by atoms with van der Waals surface area (Å²) in [6, 6.07) is 16.8. The van der Waals surface area contributed by atoms with Gasteiger partial charge in [-0.25, -0.2) is 0 Å². The number of benzene rings is 2. The number of aryl methyl sites for hydroxylation is 6. The van der Waals surface area contributed by atoms with Gasteiger partial charge in [0, 0.05) is 0 Å². The van der Waals surface area contributed by atoms with Gasteiger partial charge in [0.25, 0.3) is 0 Å². The Hall–Kier alpha value is -0.877. The van der Waals surface area contributed by atoms with Gasteiger partial charge in [0.05, 0.1) is 0 Å². The van der Waals surface area contributed by atoms with Crippen LogP contribution in [0.2, 0.25) is 0 Å². The molecule has 0 saturated carbocycles. The van der Waals surface area contributed by atoms with Gasteiger partial charge in [-0.05, 0) is 37.0 Å². The van der Waals surface area contributed by atoms with Crippen molar-refractivity contribution in [1.82, 2.24) is 0 Å². The summed E-state index contributed by atoms with van der Waals surface area (Å²) >= 11 is 1.55. The van der Waals surface area contributed by atoms with Crippen molar-refractivity contribution in [3.8, 4) is 11.1 Å². The minimum atomic E-state index is 0. The van der Waals surface area contributed by atoms with Crippen LogP contribution in [0.15, 0.2) is 36.4 Å². The van der Waals surface area contributed by atoms with Crippen molar-refractivity contribution < 1.29 is 49.0 Å². The summed E-state index contributed by atoms with van der Waals surface area (Å²) in [6.45, 7) is 17.2. The van der Waals surface area contributed by atoms with E-state index in [-0.39, 0.29) is 24.8 Å². The molecular weight excluding hydrogens is 486 g/mol. The third kappa shape index (κ3) is 7.67. The van der Waals surface area contributed by atoms with Crippen LogP contribution in [-0.4, -0.2) is 3.21 Å². The molecule has 0 spiro atoms. The first-order chi connectivity index (χ1) is 13.1. The first-order valence-corrected chi connectivity index (χ1v) is 11.2. The van der Waals surface area contributed by atoms with Gasteiger partial charge in [0.2, 0.25) is 0 Å². The van der Waals surface area contributed by atoms with Crippen LogP contribution < -0.4 is 24.8 Å². The molecule has 3 heteroatoms. The third-order valence-corrected chi connectivity index (χ3v) is 5.31. The molecule has 4 rings (SSSR count). The Morgan fingerprint density at radius 2 is 1.23 bits per heavy atom. The van der Waals surface area contributed by atoms with Crippen LogP contribution in [0.25, 0.3) is 11.1 Å². The number of rotatable bonds is 0. The second-order valence-corrected chi connectivity index (χ2v) is 10.6. The Labute approximate surface area is 211 Å². The second kappa shape index (κ2) is 12.9. The van der Waals surface area contributed by atoms with Gasteiger partial charge in [-0.2, -0.15) is 52.6 Å². The number of hydrogen-bond acceptors (Lipinski definition) is 0. The van der Waals surface area contributed by atoms with E-state index in [1.807, 2.05) is 0 Å². The van der Waals surface area contributed by atoms with Crippen molar-refractivity contribution in [3.63, 3.8) is 0 Å². The SMILES string of the molecule is C[C](C)=[Zr+2].Cc1[c-]c2c(cc1C)-c1cc(C)c(C)cc1C2.Cc1c[cH-]cc1C.[Cl-].[Cl-]. The topological polar surface area (TPSA) is 0 Å². The maximum absolute atomic E-state index is 3.54. The standard InChI is InChI=1S/C17H17.C7H9.C3H6.2ClH.Zr/c1-10-5-14-9-15-6-11(2)13(4)8-17(15)16(14)7-12(10)3;1-6-4-3-5-7(6)2;1-3-2;;;/h5,7-8H,9H2,1-4H3;3-5H,1-2H3;1-2H3;2*1H;/q2*-1;;;;+2/p-2. The van der Waals surface area contributed by atoms with Crippen molar-refractivity contribution in [1.29, 1.82) is 0 Å². The molecule has 0 unspecified atom stereocenters. The average Bonchev–Trinajstić information content (AvgIpc) is 3.12. The molecular formula is C27H32Cl2Zr-2. The smallest absolute Gasteiger partial charge is 0.0253 e. The summed E-state index contributed by atoms with van der Waals surface area (Å²) in [4.78, 5) is 0. The zero-order valence-corrected chi connectivity index (χ0v) is 23.4. The van der Waals surface area contributed by atoms with Crippen LogP contribution in [0.5, 0.6) is 0 Å². The summed E-state index contributed by atoms with van der Waals surface area (Å²) < 4.78 is 1.51. The molecule has 0 amide bonds. The van der Waals surface area contributed by atoms with Gasteiger partial charge >= 0.3 is 41.3 Å². The Morgan fingerprint density at radius 3 is 1.70 bits per heavy atom. The maximum atomic E-state index is 3.54. The van der Waals surface area contributed by atoms with E-state index in [2.05, 4.69) is 97.9 Å². The Balaban J connectivity index is 0.000000546. The maximum Gasteiger partial charge on any atom is -0.0253 e. The zero-order chi connectivity index (χ0) is 21.0. The first kappa shape index (κ1) is 29.1. The summed E-state index contributed by atoms with van der Waals surface area (Å²) in [7, 11) is 0. The molecule has 0 radical (unpaired) electrons. The van der Waals surface area contributed by atoms with Crippen LogP contribution in [0.4, 0.5) is 0 Å². The molecule has 30 heavy (non-hydrogen) atoms. The molecule has 0 saturated heterocycles. The van der Waals surface area contributed by atoms with Crippen LogP contribution in [0.3, 0.4) is 0 Å². The third-order valence-electron chi connectivity index (χ3n) is 5.31. The number of fused-ring (bicyclic) bond motifs is 3. The first-order valence-electron chi connectivity index (χ1n) is 9.93.